The van der Waals surface area contributed by atoms with Gasteiger partial charge in [-0.15, -0.1) is 0 Å². The Morgan fingerprint density at radius 2 is 2.11 bits per heavy atom. The van der Waals surface area contributed by atoms with E-state index in [4.69, 9.17) is 4.74 Å². The van der Waals surface area contributed by atoms with Crippen molar-refractivity contribution in [2.75, 3.05) is 39.9 Å². The van der Waals surface area contributed by atoms with Crippen molar-refractivity contribution < 1.29 is 4.74 Å². The van der Waals surface area contributed by atoms with Crippen molar-refractivity contribution in [1.82, 2.24) is 10.2 Å². The van der Waals surface area contributed by atoms with Crippen LogP contribution in [0.4, 0.5) is 0 Å². The third kappa shape index (κ3) is 4.73. The number of nitrogens with zero attached hydrogens (tertiary/aromatic N) is 1. The van der Waals surface area contributed by atoms with Crippen molar-refractivity contribution >= 4 is 0 Å². The summed E-state index contributed by atoms with van der Waals surface area (Å²) in [5.74, 6) is 0.963. The third-order valence-corrected chi connectivity index (χ3v) is 4.69. The summed E-state index contributed by atoms with van der Waals surface area (Å²) in [4.78, 5) is 2.56. The Morgan fingerprint density at radius 3 is 2.63 bits per heavy atom. The van der Waals surface area contributed by atoms with Crippen molar-refractivity contribution in [3.05, 3.63) is 0 Å². The molecule has 1 N–H and O–H groups in total. The van der Waals surface area contributed by atoms with Gasteiger partial charge in [0.05, 0.1) is 6.61 Å². The van der Waals surface area contributed by atoms with Crippen LogP contribution in [0.3, 0.4) is 0 Å². The van der Waals surface area contributed by atoms with Gasteiger partial charge in [-0.1, -0.05) is 20.3 Å². The van der Waals surface area contributed by atoms with E-state index in [-0.39, 0.29) is 0 Å². The Hall–Kier alpha value is -0.120. The summed E-state index contributed by atoms with van der Waals surface area (Å²) in [7, 11) is 2.30. The molecule has 112 valence electrons. The lowest BCUT2D eigenvalue weighted by atomic mass is 9.80. The van der Waals surface area contributed by atoms with Gasteiger partial charge in [-0.05, 0) is 38.6 Å². The highest BCUT2D eigenvalue weighted by Crippen LogP contribution is 2.31. The molecule has 19 heavy (non-hydrogen) atoms. The van der Waals surface area contributed by atoms with Crippen LogP contribution in [0.1, 0.15) is 46.0 Å². The van der Waals surface area contributed by atoms with E-state index >= 15 is 0 Å². The first-order valence-electron chi connectivity index (χ1n) is 8.09. The summed E-state index contributed by atoms with van der Waals surface area (Å²) in [6, 6.07) is 0.565. The Balaban J connectivity index is 1.84. The van der Waals surface area contributed by atoms with Crippen LogP contribution in [0.5, 0.6) is 0 Å². The second-order valence-corrected chi connectivity index (χ2v) is 7.19. The Morgan fingerprint density at radius 1 is 1.32 bits per heavy atom. The molecule has 0 radical (unpaired) electrons. The van der Waals surface area contributed by atoms with Gasteiger partial charge in [-0.25, -0.2) is 0 Å². The molecule has 0 bridgehead atoms. The van der Waals surface area contributed by atoms with E-state index < -0.39 is 0 Å². The number of rotatable bonds is 7. The van der Waals surface area contributed by atoms with Crippen LogP contribution >= 0.6 is 0 Å². The molecule has 3 nitrogen and oxygen atoms in total. The molecule has 1 atom stereocenters. The number of hydrogen-bond donors (Lipinski definition) is 1. The van der Waals surface area contributed by atoms with E-state index in [2.05, 4.69) is 31.1 Å². The molecular weight excluding hydrogens is 236 g/mol. The van der Waals surface area contributed by atoms with Crippen molar-refractivity contribution in [3.8, 4) is 0 Å². The highest BCUT2D eigenvalue weighted by atomic mass is 16.5. The number of ether oxygens (including phenoxy) is 1. The molecule has 0 aromatic carbocycles. The van der Waals surface area contributed by atoms with Crippen molar-refractivity contribution in [1.29, 1.82) is 0 Å². The van der Waals surface area contributed by atoms with E-state index in [1.807, 2.05) is 0 Å². The fraction of sp³-hybridized carbons (Fsp3) is 1.00. The van der Waals surface area contributed by atoms with E-state index in [1.54, 1.807) is 0 Å². The largest absolute Gasteiger partial charge is 0.381 e. The van der Waals surface area contributed by atoms with Gasteiger partial charge in [0.1, 0.15) is 0 Å². The zero-order valence-electron chi connectivity index (χ0n) is 13.1. The molecule has 0 amide bonds. The van der Waals surface area contributed by atoms with Gasteiger partial charge in [0.2, 0.25) is 0 Å². The molecule has 0 aromatic heterocycles. The van der Waals surface area contributed by atoms with Crippen LogP contribution in [-0.2, 0) is 4.74 Å². The maximum atomic E-state index is 5.80. The van der Waals surface area contributed by atoms with Crippen molar-refractivity contribution in [2.24, 2.45) is 11.3 Å². The fourth-order valence-electron chi connectivity index (χ4n) is 3.40. The monoisotopic (exact) mass is 268 g/mol. The molecule has 0 spiro atoms. The molecule has 1 saturated heterocycles. The molecule has 2 fully saturated rings. The molecule has 1 aliphatic carbocycles. The average molecular weight is 268 g/mol. The Kier molecular flexibility index (Phi) is 5.67. The second-order valence-electron chi connectivity index (χ2n) is 7.19. The summed E-state index contributed by atoms with van der Waals surface area (Å²) >= 11 is 0. The minimum atomic E-state index is 0.334. The summed E-state index contributed by atoms with van der Waals surface area (Å²) in [6.45, 7) is 9.91. The lowest BCUT2D eigenvalue weighted by Gasteiger charge is -2.42. The highest BCUT2D eigenvalue weighted by molar-refractivity contribution is 4.88. The van der Waals surface area contributed by atoms with E-state index in [0.717, 1.165) is 25.7 Å². The van der Waals surface area contributed by atoms with Crippen LogP contribution in [-0.4, -0.2) is 50.8 Å². The van der Waals surface area contributed by atoms with Crippen LogP contribution in [0.25, 0.3) is 0 Å². The van der Waals surface area contributed by atoms with Gasteiger partial charge in [-0.2, -0.15) is 0 Å². The lowest BCUT2D eigenvalue weighted by molar-refractivity contribution is -0.0265. The van der Waals surface area contributed by atoms with Crippen molar-refractivity contribution in [2.45, 2.75) is 52.0 Å². The Labute approximate surface area is 119 Å². The van der Waals surface area contributed by atoms with Gasteiger partial charge in [0.15, 0.2) is 0 Å². The third-order valence-electron chi connectivity index (χ3n) is 4.69. The quantitative estimate of drug-likeness (QED) is 0.768. The molecule has 1 unspecified atom stereocenters. The Bertz CT molecular complexity index is 257. The van der Waals surface area contributed by atoms with E-state index in [1.165, 1.54) is 45.2 Å². The average Bonchev–Trinajstić information content (AvgIpc) is 2.33. The van der Waals surface area contributed by atoms with Gasteiger partial charge >= 0.3 is 0 Å². The fourth-order valence-corrected chi connectivity index (χ4v) is 3.40. The summed E-state index contributed by atoms with van der Waals surface area (Å²) in [5, 5.41) is 3.64. The topological polar surface area (TPSA) is 24.5 Å². The minimum absolute atomic E-state index is 0.334. The SMILES string of the molecule is CC(C)NCC1(CN(C)CC2CCC2)CCCOC1. The number of hydrogen-bond acceptors (Lipinski definition) is 3. The summed E-state index contributed by atoms with van der Waals surface area (Å²) in [5.41, 5.74) is 0.334. The molecule has 2 aliphatic rings. The molecule has 2 rings (SSSR count). The first-order chi connectivity index (χ1) is 9.10. The first kappa shape index (κ1) is 15.3. The zero-order chi connectivity index (χ0) is 13.7. The maximum absolute atomic E-state index is 5.80. The molecular formula is C16H32N2O. The van der Waals surface area contributed by atoms with Gasteiger partial charge in [0, 0.05) is 37.7 Å². The van der Waals surface area contributed by atoms with Crippen LogP contribution in [0, 0.1) is 11.3 Å². The molecule has 1 saturated carbocycles. The smallest absolute Gasteiger partial charge is 0.0546 e. The standard InChI is InChI=1S/C16H32N2O/c1-14(2)17-11-16(8-5-9-19-13-16)12-18(3)10-15-6-4-7-15/h14-15,17H,4-13H2,1-3H3. The normalized spacial score (nSPS) is 28.9. The zero-order valence-corrected chi connectivity index (χ0v) is 13.1. The van der Waals surface area contributed by atoms with Crippen molar-refractivity contribution in [3.63, 3.8) is 0 Å². The summed E-state index contributed by atoms with van der Waals surface area (Å²) < 4.78 is 5.80. The predicted octanol–water partition coefficient (Wildman–Crippen LogP) is 2.51. The first-order valence-corrected chi connectivity index (χ1v) is 8.09. The van der Waals surface area contributed by atoms with Crippen LogP contribution < -0.4 is 5.32 Å². The summed E-state index contributed by atoms with van der Waals surface area (Å²) in [6.07, 6.45) is 6.86. The molecule has 1 heterocycles. The minimum Gasteiger partial charge on any atom is -0.381 e. The molecule has 1 aliphatic heterocycles. The van der Waals surface area contributed by atoms with Gasteiger partial charge < -0.3 is 15.0 Å². The van der Waals surface area contributed by atoms with Gasteiger partial charge in [0.25, 0.3) is 0 Å². The second kappa shape index (κ2) is 7.05. The maximum Gasteiger partial charge on any atom is 0.0546 e. The predicted molar refractivity (Wildman–Crippen MR) is 80.5 cm³/mol. The van der Waals surface area contributed by atoms with Crippen LogP contribution in [0.15, 0.2) is 0 Å². The molecule has 0 aromatic rings. The number of nitrogens with one attached hydrogen (secondary N) is 1. The van der Waals surface area contributed by atoms with Crippen LogP contribution in [0.2, 0.25) is 0 Å². The van der Waals surface area contributed by atoms with E-state index in [9.17, 15) is 0 Å². The van der Waals surface area contributed by atoms with E-state index in [0.29, 0.717) is 11.5 Å². The highest BCUT2D eigenvalue weighted by Gasteiger charge is 2.34. The van der Waals surface area contributed by atoms with Gasteiger partial charge in [-0.3, -0.25) is 0 Å². The molecule has 3 heteroatoms. The lowest BCUT2D eigenvalue weighted by Crippen LogP contribution is -2.50.